The van der Waals surface area contributed by atoms with Gasteiger partial charge in [-0.05, 0) is 60.4 Å². The summed E-state index contributed by atoms with van der Waals surface area (Å²) in [7, 11) is -1.41. The monoisotopic (exact) mass is 747 g/mol. The molecule has 0 radical (unpaired) electrons. The highest BCUT2D eigenvalue weighted by Gasteiger charge is 2.35. The molecule has 258 valence electrons. The molecule has 0 saturated heterocycles. The molecule has 1 N–H and O–H groups in total. The number of amides is 2. The molecule has 4 aromatic carbocycles. The van der Waals surface area contributed by atoms with Crippen LogP contribution >= 0.6 is 15.9 Å². The zero-order valence-electron chi connectivity index (χ0n) is 27.8. The summed E-state index contributed by atoms with van der Waals surface area (Å²) < 4.78 is 41.4. The summed E-state index contributed by atoms with van der Waals surface area (Å²) in [6, 6.07) is 29.0. The Morgan fingerprint density at radius 1 is 0.816 bits per heavy atom. The van der Waals surface area contributed by atoms with Crippen LogP contribution in [-0.4, -0.2) is 58.0 Å². The third kappa shape index (κ3) is 9.21. The molecule has 0 unspecified atom stereocenters. The molecule has 0 heterocycles. The van der Waals surface area contributed by atoms with Gasteiger partial charge < -0.3 is 19.7 Å². The maximum Gasteiger partial charge on any atom is 0.264 e. The molecule has 49 heavy (non-hydrogen) atoms. The van der Waals surface area contributed by atoms with E-state index in [1.165, 1.54) is 37.3 Å². The highest BCUT2D eigenvalue weighted by Crippen LogP contribution is 2.32. The number of ether oxygens (including phenoxy) is 2. The molecular weight excluding hydrogens is 706 g/mol. The first-order valence-electron chi connectivity index (χ1n) is 16.4. The Morgan fingerprint density at radius 3 is 2.12 bits per heavy atom. The zero-order chi connectivity index (χ0) is 34.8. The van der Waals surface area contributed by atoms with Crippen molar-refractivity contribution in [1.29, 1.82) is 0 Å². The molecule has 1 aliphatic rings. The first-order valence-corrected chi connectivity index (χ1v) is 18.6. The minimum Gasteiger partial charge on any atom is -0.493 e. The number of hydrogen-bond acceptors (Lipinski definition) is 6. The Balaban J connectivity index is 1.56. The molecule has 1 atom stereocenters. The van der Waals surface area contributed by atoms with Gasteiger partial charge in [0.15, 0.2) is 11.5 Å². The number of anilines is 1. The SMILES string of the molecule is COc1ccc(S(=O)(=O)N(CC(=O)N(Cc2cccc(Br)c2)[C@@H](Cc2ccccc2)C(=O)NC2CCCCC2)c2ccccc2)cc1OC. The maximum atomic E-state index is 14.7. The molecule has 1 saturated carbocycles. The van der Waals surface area contributed by atoms with E-state index >= 15 is 0 Å². The van der Waals surface area contributed by atoms with E-state index in [0.29, 0.717) is 11.4 Å². The van der Waals surface area contributed by atoms with Crippen LogP contribution in [0.4, 0.5) is 5.69 Å². The van der Waals surface area contributed by atoms with Gasteiger partial charge in [-0.2, -0.15) is 0 Å². The molecule has 0 aromatic heterocycles. The minimum atomic E-state index is -4.31. The summed E-state index contributed by atoms with van der Waals surface area (Å²) in [4.78, 5) is 30.4. The number of nitrogens with zero attached hydrogens (tertiary/aromatic N) is 2. The molecule has 0 bridgehead atoms. The summed E-state index contributed by atoms with van der Waals surface area (Å²) in [6.07, 6.45) is 5.23. The van der Waals surface area contributed by atoms with Crippen molar-refractivity contribution >= 4 is 43.5 Å². The molecule has 4 aromatic rings. The zero-order valence-corrected chi connectivity index (χ0v) is 30.2. The maximum absolute atomic E-state index is 14.7. The third-order valence-electron chi connectivity index (χ3n) is 8.73. The van der Waals surface area contributed by atoms with E-state index in [1.54, 1.807) is 30.3 Å². The van der Waals surface area contributed by atoms with Crippen LogP contribution in [0.2, 0.25) is 0 Å². The van der Waals surface area contributed by atoms with Gasteiger partial charge in [-0.1, -0.05) is 95.9 Å². The highest BCUT2D eigenvalue weighted by molar-refractivity contribution is 9.10. The second kappa shape index (κ2) is 16.8. The third-order valence-corrected chi connectivity index (χ3v) is 11.0. The first-order chi connectivity index (χ1) is 23.7. The van der Waals surface area contributed by atoms with E-state index < -0.39 is 28.5 Å². The van der Waals surface area contributed by atoms with Gasteiger partial charge in [-0.15, -0.1) is 0 Å². The summed E-state index contributed by atoms with van der Waals surface area (Å²) in [5.74, 6) is -0.168. The Kier molecular flexibility index (Phi) is 12.4. The summed E-state index contributed by atoms with van der Waals surface area (Å²) >= 11 is 3.53. The number of carbonyl (C=O) groups excluding carboxylic acids is 2. The van der Waals surface area contributed by atoms with Gasteiger partial charge in [-0.25, -0.2) is 8.42 Å². The first kappa shape index (κ1) is 35.9. The van der Waals surface area contributed by atoms with Crippen LogP contribution in [0.1, 0.15) is 43.2 Å². The van der Waals surface area contributed by atoms with E-state index in [4.69, 9.17) is 9.47 Å². The van der Waals surface area contributed by atoms with Gasteiger partial charge in [0.1, 0.15) is 12.6 Å². The van der Waals surface area contributed by atoms with Crippen molar-refractivity contribution in [1.82, 2.24) is 10.2 Å². The van der Waals surface area contributed by atoms with E-state index in [0.717, 1.165) is 52.0 Å². The molecule has 0 spiro atoms. The van der Waals surface area contributed by atoms with Crippen molar-refractivity contribution in [2.75, 3.05) is 25.1 Å². The molecular formula is C38H42BrN3O6S. The predicted octanol–water partition coefficient (Wildman–Crippen LogP) is 6.75. The van der Waals surface area contributed by atoms with Crippen molar-refractivity contribution < 1.29 is 27.5 Å². The quantitative estimate of drug-likeness (QED) is 0.153. The fraction of sp³-hybridized carbons (Fsp3) is 0.316. The normalized spacial score (nSPS) is 14.0. The van der Waals surface area contributed by atoms with Gasteiger partial charge in [0.05, 0.1) is 24.8 Å². The van der Waals surface area contributed by atoms with Gasteiger partial charge in [0, 0.05) is 29.5 Å². The molecule has 0 aliphatic heterocycles. The van der Waals surface area contributed by atoms with Crippen LogP contribution in [0, 0.1) is 0 Å². The number of carbonyl (C=O) groups is 2. The number of methoxy groups -OCH3 is 2. The molecule has 9 nitrogen and oxygen atoms in total. The molecule has 1 aliphatic carbocycles. The largest absolute Gasteiger partial charge is 0.493 e. The summed E-state index contributed by atoms with van der Waals surface area (Å²) in [5.41, 5.74) is 1.98. The smallest absolute Gasteiger partial charge is 0.264 e. The molecule has 11 heteroatoms. The van der Waals surface area contributed by atoms with Crippen LogP contribution in [-0.2, 0) is 32.6 Å². The van der Waals surface area contributed by atoms with E-state index in [-0.39, 0.29) is 35.6 Å². The second-order valence-corrected chi connectivity index (χ2v) is 14.8. The Morgan fingerprint density at radius 2 is 1.47 bits per heavy atom. The van der Waals surface area contributed by atoms with Crippen LogP contribution < -0.4 is 19.1 Å². The van der Waals surface area contributed by atoms with Crippen molar-refractivity contribution in [3.05, 3.63) is 119 Å². The Hall–Kier alpha value is -4.35. The number of hydrogen-bond donors (Lipinski definition) is 1. The predicted molar refractivity (Wildman–Crippen MR) is 194 cm³/mol. The lowest BCUT2D eigenvalue weighted by Crippen LogP contribution is -2.55. The van der Waals surface area contributed by atoms with Crippen LogP contribution in [0.15, 0.2) is 112 Å². The van der Waals surface area contributed by atoms with Crippen molar-refractivity contribution in [3.63, 3.8) is 0 Å². The average Bonchev–Trinajstić information content (AvgIpc) is 3.12. The minimum absolute atomic E-state index is 0.0218. The fourth-order valence-electron chi connectivity index (χ4n) is 6.16. The van der Waals surface area contributed by atoms with E-state index in [9.17, 15) is 18.0 Å². The number of nitrogens with one attached hydrogen (secondary N) is 1. The second-order valence-electron chi connectivity index (χ2n) is 12.1. The average molecular weight is 749 g/mol. The number of benzene rings is 4. The summed E-state index contributed by atoms with van der Waals surface area (Å²) in [5, 5.41) is 3.24. The highest BCUT2D eigenvalue weighted by atomic mass is 79.9. The lowest BCUT2D eigenvalue weighted by molar-refractivity contribution is -0.140. The van der Waals surface area contributed by atoms with E-state index in [1.807, 2.05) is 54.6 Å². The van der Waals surface area contributed by atoms with Gasteiger partial charge in [-0.3, -0.25) is 13.9 Å². The van der Waals surface area contributed by atoms with Crippen LogP contribution in [0.3, 0.4) is 0 Å². The van der Waals surface area contributed by atoms with Crippen LogP contribution in [0.25, 0.3) is 0 Å². The molecule has 5 rings (SSSR count). The van der Waals surface area contributed by atoms with Crippen molar-refractivity contribution in [3.8, 4) is 11.5 Å². The number of halogens is 1. The number of rotatable bonds is 14. The Labute approximate surface area is 297 Å². The Bertz CT molecular complexity index is 1820. The number of para-hydroxylation sites is 1. The van der Waals surface area contributed by atoms with Gasteiger partial charge in [0.2, 0.25) is 11.8 Å². The summed E-state index contributed by atoms with van der Waals surface area (Å²) in [6.45, 7) is -0.455. The topological polar surface area (TPSA) is 105 Å². The fourth-order valence-corrected chi connectivity index (χ4v) is 8.03. The van der Waals surface area contributed by atoms with Gasteiger partial charge in [0.25, 0.3) is 10.0 Å². The standard InChI is InChI=1S/C38H42BrN3O6S/c1-47-35-22-21-33(25-36(35)48-2)49(45,46)42(32-19-10-5-11-20-32)27-37(43)41(26-29-15-12-16-30(39)23-29)34(24-28-13-6-3-7-14-28)38(44)40-31-17-8-4-9-18-31/h3,5-7,10-16,19-23,25,31,34H,4,8-9,17-18,24,26-27H2,1-2H3,(H,40,44)/t34-/m0/s1. The van der Waals surface area contributed by atoms with E-state index in [2.05, 4.69) is 21.2 Å². The lowest BCUT2D eigenvalue weighted by Gasteiger charge is -2.35. The van der Waals surface area contributed by atoms with Crippen molar-refractivity contribution in [2.24, 2.45) is 0 Å². The van der Waals surface area contributed by atoms with Crippen molar-refractivity contribution in [2.45, 2.75) is 62.0 Å². The molecule has 2 amide bonds. The molecule has 1 fully saturated rings. The van der Waals surface area contributed by atoms with Gasteiger partial charge >= 0.3 is 0 Å². The lowest BCUT2D eigenvalue weighted by atomic mass is 9.94. The number of sulfonamides is 1. The van der Waals surface area contributed by atoms with Crippen LogP contribution in [0.5, 0.6) is 11.5 Å².